The van der Waals surface area contributed by atoms with E-state index in [1.165, 1.54) is 57.8 Å². The van der Waals surface area contributed by atoms with Crippen LogP contribution in [0, 0.1) is 5.92 Å². The summed E-state index contributed by atoms with van der Waals surface area (Å²) in [5.74, 6) is 2.66. The molecule has 6 heteroatoms. The largest absolute Gasteiger partial charge is 0.356 e. The predicted octanol–water partition coefficient (Wildman–Crippen LogP) is 4.21. The summed E-state index contributed by atoms with van der Waals surface area (Å²) >= 11 is 0. The summed E-state index contributed by atoms with van der Waals surface area (Å²) < 4.78 is 12.1. The van der Waals surface area contributed by atoms with Crippen LogP contribution in [0.1, 0.15) is 77.6 Å². The first-order valence-electron chi connectivity index (χ1n) is 10.1. The Morgan fingerprint density at radius 1 is 1.12 bits per heavy atom. The second kappa shape index (κ2) is 13.3. The zero-order chi connectivity index (χ0) is 17.2. The van der Waals surface area contributed by atoms with E-state index in [0.717, 1.165) is 37.0 Å². The fraction of sp³-hybridized carbons (Fsp3) is 0.947. The van der Waals surface area contributed by atoms with Crippen molar-refractivity contribution in [3.63, 3.8) is 0 Å². The van der Waals surface area contributed by atoms with Crippen LogP contribution in [-0.4, -0.2) is 40.8 Å². The van der Waals surface area contributed by atoms with Crippen molar-refractivity contribution in [3.05, 3.63) is 0 Å². The molecule has 0 radical (unpaired) electrons. The molecule has 0 aromatic carbocycles. The van der Waals surface area contributed by atoms with Gasteiger partial charge in [0.1, 0.15) is 0 Å². The summed E-state index contributed by atoms with van der Waals surface area (Å²) in [5, 5.41) is 7.40. The highest BCUT2D eigenvalue weighted by atomic mass is 127. The second-order valence-electron chi connectivity index (χ2n) is 7.44. The number of halogens is 1. The molecule has 3 atom stereocenters. The Hall–Kier alpha value is 0.150. The van der Waals surface area contributed by atoms with Gasteiger partial charge in [-0.1, -0.05) is 45.4 Å². The zero-order valence-electron chi connectivity index (χ0n) is 16.1. The van der Waals surface area contributed by atoms with Crippen LogP contribution in [-0.2, 0) is 10.8 Å². The number of hydrogen-bond donors (Lipinski definition) is 2. The van der Waals surface area contributed by atoms with Crippen molar-refractivity contribution < 1.29 is 4.21 Å². The second-order valence-corrected chi connectivity index (χ2v) is 9.45. The molecule has 25 heavy (non-hydrogen) atoms. The highest BCUT2D eigenvalue weighted by molar-refractivity contribution is 14.0. The summed E-state index contributed by atoms with van der Waals surface area (Å²) in [4.78, 5) is 4.38. The third-order valence-electron chi connectivity index (χ3n) is 5.65. The fourth-order valence-corrected chi connectivity index (χ4v) is 5.56. The van der Waals surface area contributed by atoms with Crippen molar-refractivity contribution in [2.75, 3.05) is 19.3 Å². The van der Waals surface area contributed by atoms with Crippen LogP contribution in [0.4, 0.5) is 0 Å². The molecule has 0 bridgehead atoms. The molecule has 148 valence electrons. The monoisotopic (exact) mass is 483 g/mol. The molecule has 2 fully saturated rings. The standard InChI is InChI=1S/C19H37N3OS.HI/c1-3-24(23)18-13-7-12-17(15-18)22-19(20-2)21-14-8-11-16-9-5-4-6-10-16;/h16-18H,3-15H2,1-2H3,(H2,20,21,22);1H. The molecule has 3 unspecified atom stereocenters. The van der Waals surface area contributed by atoms with Crippen LogP contribution in [0.15, 0.2) is 4.99 Å². The maximum atomic E-state index is 12.1. The van der Waals surface area contributed by atoms with E-state index in [1.54, 1.807) is 0 Å². The van der Waals surface area contributed by atoms with E-state index in [9.17, 15) is 4.21 Å². The van der Waals surface area contributed by atoms with E-state index in [1.807, 2.05) is 14.0 Å². The zero-order valence-corrected chi connectivity index (χ0v) is 19.2. The summed E-state index contributed by atoms with van der Waals surface area (Å²) in [6.07, 6.45) is 14.2. The Bertz CT molecular complexity index is 413. The molecule has 2 saturated carbocycles. The minimum atomic E-state index is -0.661. The number of nitrogens with zero attached hydrogens (tertiary/aromatic N) is 1. The van der Waals surface area contributed by atoms with Crippen molar-refractivity contribution in [3.8, 4) is 0 Å². The van der Waals surface area contributed by atoms with Crippen molar-refractivity contribution in [2.45, 2.75) is 88.8 Å². The van der Waals surface area contributed by atoms with E-state index in [-0.39, 0.29) is 24.0 Å². The Kier molecular flexibility index (Phi) is 12.4. The third kappa shape index (κ3) is 8.59. The molecular weight excluding hydrogens is 445 g/mol. The van der Waals surface area contributed by atoms with E-state index < -0.39 is 10.8 Å². The van der Waals surface area contributed by atoms with E-state index >= 15 is 0 Å². The van der Waals surface area contributed by atoms with E-state index in [0.29, 0.717) is 11.3 Å². The molecule has 0 spiro atoms. The number of nitrogens with one attached hydrogen (secondary N) is 2. The number of guanidine groups is 1. The number of rotatable bonds is 7. The molecule has 0 amide bonds. The average Bonchev–Trinajstić information content (AvgIpc) is 2.64. The van der Waals surface area contributed by atoms with Crippen LogP contribution < -0.4 is 10.6 Å². The predicted molar refractivity (Wildman–Crippen MR) is 120 cm³/mol. The Labute approximate surface area is 174 Å². The molecule has 0 saturated heterocycles. The minimum absolute atomic E-state index is 0. The first kappa shape index (κ1) is 23.2. The van der Waals surface area contributed by atoms with Crippen LogP contribution in [0.3, 0.4) is 0 Å². The Morgan fingerprint density at radius 2 is 1.88 bits per heavy atom. The lowest BCUT2D eigenvalue weighted by Crippen LogP contribution is -2.46. The Morgan fingerprint density at radius 3 is 2.56 bits per heavy atom. The maximum Gasteiger partial charge on any atom is 0.191 e. The van der Waals surface area contributed by atoms with Gasteiger partial charge >= 0.3 is 0 Å². The van der Waals surface area contributed by atoms with E-state index in [4.69, 9.17) is 0 Å². The smallest absolute Gasteiger partial charge is 0.191 e. The molecule has 2 aliphatic rings. The molecule has 0 heterocycles. The molecule has 2 rings (SSSR count). The van der Waals surface area contributed by atoms with Gasteiger partial charge in [-0.2, -0.15) is 0 Å². The average molecular weight is 484 g/mol. The van der Waals surface area contributed by atoms with Gasteiger partial charge in [-0.25, -0.2) is 0 Å². The van der Waals surface area contributed by atoms with Crippen molar-refractivity contribution >= 4 is 40.7 Å². The van der Waals surface area contributed by atoms with Crippen molar-refractivity contribution in [1.29, 1.82) is 0 Å². The van der Waals surface area contributed by atoms with Gasteiger partial charge in [-0.15, -0.1) is 24.0 Å². The van der Waals surface area contributed by atoms with Gasteiger partial charge in [0, 0.05) is 41.4 Å². The lowest BCUT2D eigenvalue weighted by molar-refractivity contribution is 0.332. The highest BCUT2D eigenvalue weighted by Gasteiger charge is 2.26. The quantitative estimate of drug-likeness (QED) is 0.247. The lowest BCUT2D eigenvalue weighted by atomic mass is 9.86. The SMILES string of the molecule is CCS(=O)C1CCCC(NC(=NC)NCCCC2CCCCC2)C1.I. The number of hydrogen-bond acceptors (Lipinski definition) is 2. The summed E-state index contributed by atoms with van der Waals surface area (Å²) in [6, 6.07) is 0.420. The lowest BCUT2D eigenvalue weighted by Gasteiger charge is -2.30. The normalized spacial score (nSPS) is 26.6. The number of aliphatic imine (C=N–C) groups is 1. The van der Waals surface area contributed by atoms with Crippen LogP contribution in [0.25, 0.3) is 0 Å². The molecule has 2 aliphatic carbocycles. The molecule has 0 aromatic rings. The summed E-state index contributed by atoms with van der Waals surface area (Å²) in [7, 11) is 1.19. The first-order valence-corrected chi connectivity index (χ1v) is 11.5. The topological polar surface area (TPSA) is 53.5 Å². The first-order chi connectivity index (χ1) is 11.7. The minimum Gasteiger partial charge on any atom is -0.356 e. The third-order valence-corrected chi connectivity index (χ3v) is 7.39. The maximum absolute atomic E-state index is 12.1. The van der Waals surface area contributed by atoms with Crippen molar-refractivity contribution in [1.82, 2.24) is 10.6 Å². The van der Waals surface area contributed by atoms with Gasteiger partial charge in [0.25, 0.3) is 0 Å². The highest BCUT2D eigenvalue weighted by Crippen LogP contribution is 2.27. The summed E-state index contributed by atoms with van der Waals surface area (Å²) in [6.45, 7) is 3.03. The molecule has 0 aliphatic heterocycles. The Balaban J connectivity index is 0.00000312. The summed E-state index contributed by atoms with van der Waals surface area (Å²) in [5.41, 5.74) is 0. The van der Waals surface area contributed by atoms with E-state index in [2.05, 4.69) is 15.6 Å². The molecular formula is C19H38IN3OS. The fourth-order valence-electron chi connectivity index (χ4n) is 4.21. The molecule has 0 aromatic heterocycles. The van der Waals surface area contributed by atoms with Crippen molar-refractivity contribution in [2.24, 2.45) is 10.9 Å². The van der Waals surface area contributed by atoms with Crippen LogP contribution >= 0.6 is 24.0 Å². The van der Waals surface area contributed by atoms with Gasteiger partial charge < -0.3 is 10.6 Å². The molecule has 4 nitrogen and oxygen atoms in total. The molecule has 2 N–H and O–H groups in total. The van der Waals surface area contributed by atoms with Crippen LogP contribution in [0.5, 0.6) is 0 Å². The van der Waals surface area contributed by atoms with Gasteiger partial charge in [0.05, 0.1) is 0 Å². The van der Waals surface area contributed by atoms with Gasteiger partial charge in [-0.05, 0) is 38.0 Å². The van der Waals surface area contributed by atoms with Gasteiger partial charge in [0.15, 0.2) is 5.96 Å². The van der Waals surface area contributed by atoms with Crippen LogP contribution in [0.2, 0.25) is 0 Å². The van der Waals surface area contributed by atoms with Gasteiger partial charge in [-0.3, -0.25) is 9.20 Å². The van der Waals surface area contributed by atoms with Gasteiger partial charge in [0.2, 0.25) is 0 Å².